The molecule has 1 amide bonds. The predicted octanol–water partition coefficient (Wildman–Crippen LogP) is 4.96. The molecule has 0 heterocycles. The molecule has 0 aliphatic rings. The Kier molecular flexibility index (Phi) is 7.88. The van der Waals surface area contributed by atoms with Crippen LogP contribution in [0.1, 0.15) is 11.1 Å². The Balaban J connectivity index is 1.69. The number of nitrogens with one attached hydrogen (secondary N) is 1. The fraction of sp³-hybridized carbons (Fsp3) is 0.0800. The summed E-state index contributed by atoms with van der Waals surface area (Å²) in [6, 6.07) is 18.4. The summed E-state index contributed by atoms with van der Waals surface area (Å²) < 4.78 is 40.7. The van der Waals surface area contributed by atoms with Crippen molar-refractivity contribution in [2.75, 3.05) is 11.3 Å². The molecule has 0 aromatic heterocycles. The van der Waals surface area contributed by atoms with Crippen LogP contribution in [0.15, 0.2) is 83.8 Å². The Morgan fingerprint density at radius 1 is 1.06 bits per heavy atom. The lowest BCUT2D eigenvalue weighted by Crippen LogP contribution is -2.29. The number of rotatable bonds is 8. The van der Waals surface area contributed by atoms with Gasteiger partial charge in [-0.25, -0.2) is 12.8 Å². The number of sulfonamides is 1. The summed E-state index contributed by atoms with van der Waals surface area (Å²) in [5.74, 6) is 1.76. The van der Waals surface area contributed by atoms with Gasteiger partial charge in [0.2, 0.25) is 5.91 Å². The topological polar surface area (TPSA) is 66.5 Å². The van der Waals surface area contributed by atoms with Crippen LogP contribution in [0.4, 0.5) is 10.1 Å². The van der Waals surface area contributed by atoms with E-state index < -0.39 is 10.0 Å². The fourth-order valence-electron chi connectivity index (χ4n) is 2.91. The number of para-hydroxylation sites is 1. The van der Waals surface area contributed by atoms with Crippen molar-refractivity contribution in [2.45, 2.75) is 11.4 Å². The zero-order valence-electron chi connectivity index (χ0n) is 17.4. The number of halogens is 2. The number of anilines is 1. The minimum absolute atomic E-state index is 0.0520. The summed E-state index contributed by atoms with van der Waals surface area (Å²) in [5.41, 5.74) is 1.65. The number of amides is 1. The zero-order valence-corrected chi connectivity index (χ0v) is 19.0. The first-order chi connectivity index (χ1) is 15.8. The van der Waals surface area contributed by atoms with Crippen LogP contribution in [-0.2, 0) is 21.4 Å². The number of hydrogen-bond acceptors (Lipinski definition) is 3. The molecule has 3 aromatic rings. The Morgan fingerprint density at radius 3 is 2.36 bits per heavy atom. The SMILES string of the molecule is C#CCN(Cc1ccc(F)cc1)C(=O)/C=C/c1ccc(S(=O)(=O)Nc2ccccc2Cl)cc1. The van der Waals surface area contributed by atoms with Gasteiger partial charge < -0.3 is 4.90 Å². The van der Waals surface area contributed by atoms with Crippen LogP contribution < -0.4 is 4.72 Å². The molecule has 0 spiro atoms. The maximum atomic E-state index is 13.1. The highest BCUT2D eigenvalue weighted by Crippen LogP contribution is 2.24. The highest BCUT2D eigenvalue weighted by atomic mass is 35.5. The van der Waals surface area contributed by atoms with Crippen LogP contribution >= 0.6 is 11.6 Å². The molecule has 0 unspecified atom stereocenters. The lowest BCUT2D eigenvalue weighted by atomic mass is 10.2. The first-order valence-electron chi connectivity index (χ1n) is 9.81. The molecule has 3 rings (SSSR count). The minimum Gasteiger partial charge on any atom is -0.324 e. The van der Waals surface area contributed by atoms with Crippen LogP contribution in [0.25, 0.3) is 6.08 Å². The smallest absolute Gasteiger partial charge is 0.261 e. The van der Waals surface area contributed by atoms with E-state index in [1.165, 1.54) is 35.2 Å². The third kappa shape index (κ3) is 6.69. The Morgan fingerprint density at radius 2 is 1.73 bits per heavy atom. The van der Waals surface area contributed by atoms with Crippen molar-refractivity contribution in [3.63, 3.8) is 0 Å². The van der Waals surface area contributed by atoms with Crippen molar-refractivity contribution in [3.05, 3.63) is 101 Å². The Labute approximate surface area is 197 Å². The Bertz CT molecular complexity index is 1300. The number of carbonyl (C=O) groups excluding carboxylic acids is 1. The van der Waals surface area contributed by atoms with Gasteiger partial charge in [-0.3, -0.25) is 9.52 Å². The van der Waals surface area contributed by atoms with Crippen molar-refractivity contribution in [1.82, 2.24) is 4.90 Å². The summed E-state index contributed by atoms with van der Waals surface area (Å²) >= 11 is 6.02. The molecule has 5 nitrogen and oxygen atoms in total. The van der Waals surface area contributed by atoms with Gasteiger partial charge in [-0.05, 0) is 53.6 Å². The van der Waals surface area contributed by atoms with Crippen molar-refractivity contribution < 1.29 is 17.6 Å². The first kappa shape index (κ1) is 24.1. The fourth-order valence-corrected chi connectivity index (χ4v) is 4.23. The summed E-state index contributed by atoms with van der Waals surface area (Å²) in [6.07, 6.45) is 8.29. The van der Waals surface area contributed by atoms with E-state index in [-0.39, 0.29) is 40.4 Å². The molecule has 0 saturated carbocycles. The van der Waals surface area contributed by atoms with Gasteiger partial charge in [-0.15, -0.1) is 6.42 Å². The lowest BCUT2D eigenvalue weighted by molar-refractivity contribution is -0.125. The lowest BCUT2D eigenvalue weighted by Gasteiger charge is -2.18. The monoisotopic (exact) mass is 482 g/mol. The molecule has 168 valence electrons. The zero-order chi connectivity index (χ0) is 23.8. The van der Waals surface area contributed by atoms with Gasteiger partial charge in [0.05, 0.1) is 22.2 Å². The maximum Gasteiger partial charge on any atom is 0.261 e. The van der Waals surface area contributed by atoms with E-state index in [9.17, 15) is 17.6 Å². The van der Waals surface area contributed by atoms with Crippen LogP contribution in [-0.4, -0.2) is 25.8 Å². The predicted molar refractivity (Wildman–Crippen MR) is 128 cm³/mol. The molecule has 8 heteroatoms. The molecule has 0 fully saturated rings. The van der Waals surface area contributed by atoms with E-state index in [2.05, 4.69) is 10.6 Å². The number of carbonyl (C=O) groups is 1. The molecular formula is C25H20ClFN2O3S. The minimum atomic E-state index is -3.82. The second kappa shape index (κ2) is 10.8. The standard InChI is InChI=1S/C25H20ClFN2O3S/c1-2-17-29(18-20-7-12-21(27)13-8-20)25(30)16-11-19-9-14-22(15-10-19)33(31,32)28-24-6-4-3-5-23(24)26/h1,3-16,28H,17-18H2/b16-11+. The van der Waals surface area contributed by atoms with Crippen molar-refractivity contribution in [2.24, 2.45) is 0 Å². The van der Waals surface area contributed by atoms with Crippen LogP contribution in [0.5, 0.6) is 0 Å². The molecule has 0 atom stereocenters. The third-order valence-electron chi connectivity index (χ3n) is 4.61. The van der Waals surface area contributed by atoms with Gasteiger partial charge >= 0.3 is 0 Å². The summed E-state index contributed by atoms with van der Waals surface area (Å²) in [7, 11) is -3.82. The average molecular weight is 483 g/mol. The molecular weight excluding hydrogens is 463 g/mol. The van der Waals surface area contributed by atoms with Crippen LogP contribution in [0.2, 0.25) is 5.02 Å². The molecule has 0 saturated heterocycles. The quantitative estimate of drug-likeness (QED) is 0.364. The van der Waals surface area contributed by atoms with E-state index in [0.29, 0.717) is 5.56 Å². The average Bonchev–Trinajstić information content (AvgIpc) is 2.80. The van der Waals surface area contributed by atoms with Gasteiger partial charge in [0.1, 0.15) is 5.82 Å². The maximum absolute atomic E-state index is 13.1. The van der Waals surface area contributed by atoms with Gasteiger partial charge in [0, 0.05) is 12.6 Å². The largest absolute Gasteiger partial charge is 0.324 e. The van der Waals surface area contributed by atoms with E-state index in [1.54, 1.807) is 54.6 Å². The van der Waals surface area contributed by atoms with Gasteiger partial charge in [-0.2, -0.15) is 0 Å². The first-order valence-corrected chi connectivity index (χ1v) is 11.7. The van der Waals surface area contributed by atoms with E-state index >= 15 is 0 Å². The number of nitrogens with zero attached hydrogens (tertiary/aromatic N) is 1. The molecule has 0 aliphatic heterocycles. The molecule has 0 radical (unpaired) electrons. The van der Waals surface area contributed by atoms with E-state index in [4.69, 9.17) is 18.0 Å². The summed E-state index contributed by atoms with van der Waals surface area (Å²) in [4.78, 5) is 14.1. The van der Waals surface area contributed by atoms with Gasteiger partial charge in [0.25, 0.3) is 10.0 Å². The van der Waals surface area contributed by atoms with E-state index in [1.807, 2.05) is 0 Å². The van der Waals surface area contributed by atoms with Crippen LogP contribution in [0, 0.1) is 18.2 Å². The summed E-state index contributed by atoms with van der Waals surface area (Å²) in [6.45, 7) is 0.323. The molecule has 3 aromatic carbocycles. The highest BCUT2D eigenvalue weighted by Gasteiger charge is 2.15. The van der Waals surface area contributed by atoms with Crippen molar-refractivity contribution >= 4 is 39.3 Å². The third-order valence-corrected chi connectivity index (χ3v) is 6.32. The number of benzene rings is 3. The second-order valence-corrected chi connectivity index (χ2v) is 9.10. The molecule has 1 N–H and O–H groups in total. The molecule has 0 aliphatic carbocycles. The van der Waals surface area contributed by atoms with E-state index in [0.717, 1.165) is 5.56 Å². The second-order valence-electron chi connectivity index (χ2n) is 7.01. The molecule has 33 heavy (non-hydrogen) atoms. The normalized spacial score (nSPS) is 11.2. The van der Waals surface area contributed by atoms with Crippen LogP contribution in [0.3, 0.4) is 0 Å². The number of terminal acetylenes is 1. The summed E-state index contributed by atoms with van der Waals surface area (Å²) in [5, 5.41) is 0.288. The highest BCUT2D eigenvalue weighted by molar-refractivity contribution is 7.92. The van der Waals surface area contributed by atoms with Gasteiger partial charge in [0.15, 0.2) is 0 Å². The Hall–Kier alpha value is -3.60. The van der Waals surface area contributed by atoms with Gasteiger partial charge in [-0.1, -0.05) is 53.9 Å². The van der Waals surface area contributed by atoms with Crippen molar-refractivity contribution in [3.8, 4) is 12.3 Å². The van der Waals surface area contributed by atoms with Crippen molar-refractivity contribution in [1.29, 1.82) is 0 Å². The molecule has 0 bridgehead atoms. The number of hydrogen-bond donors (Lipinski definition) is 1.